The zero-order chi connectivity index (χ0) is 22.9. The summed E-state index contributed by atoms with van der Waals surface area (Å²) < 4.78 is 11.0. The highest BCUT2D eigenvalue weighted by atomic mass is 16.6. The second-order valence-electron chi connectivity index (χ2n) is 9.71. The lowest BCUT2D eigenvalue weighted by molar-refractivity contribution is -0.151. The zero-order valence-electron chi connectivity index (χ0n) is 19.5. The molecule has 8 nitrogen and oxygen atoms in total. The maximum Gasteiger partial charge on any atom is 0.411 e. The number of anilines is 1. The first-order chi connectivity index (χ1) is 14.6. The number of nitrogens with two attached hydrogens (primary N) is 1. The molecule has 0 aliphatic carbocycles. The first-order valence-electron chi connectivity index (χ1n) is 11.2. The van der Waals surface area contributed by atoms with Crippen LogP contribution in [0.15, 0.2) is 18.3 Å². The molecule has 1 aromatic heterocycles. The number of hydrogen-bond acceptors (Lipinski definition) is 7. The molecule has 3 rings (SSSR count). The van der Waals surface area contributed by atoms with Gasteiger partial charge in [0.1, 0.15) is 11.9 Å². The molecule has 31 heavy (non-hydrogen) atoms. The smallest absolute Gasteiger partial charge is 0.411 e. The lowest BCUT2D eigenvalue weighted by atomic mass is 9.73. The van der Waals surface area contributed by atoms with Gasteiger partial charge in [0.05, 0.1) is 18.8 Å². The standard InChI is InChI=1S/C23H36N4O4/c1-7-30-21(28)19-16(23(4,5)6)17(24)18(27(19)22(29)31-14(2)3)15-10-8-11-25-20(15)26-12-9-13-26/h8,10-11,14,16-19H,7,9,12-13,24H2,1-6H3/t16-,17-,18-,19-/m0/s1. The van der Waals surface area contributed by atoms with Crippen molar-refractivity contribution in [1.29, 1.82) is 0 Å². The molecule has 2 saturated heterocycles. The Balaban J connectivity index is 2.15. The van der Waals surface area contributed by atoms with Crippen LogP contribution in [0.1, 0.15) is 59.6 Å². The molecular weight excluding hydrogens is 396 g/mol. The van der Waals surface area contributed by atoms with Gasteiger partial charge in [0.15, 0.2) is 0 Å². The number of amides is 1. The quantitative estimate of drug-likeness (QED) is 0.714. The first kappa shape index (κ1) is 23.3. The average Bonchev–Trinajstić information content (AvgIpc) is 2.94. The van der Waals surface area contributed by atoms with E-state index in [1.54, 1.807) is 27.0 Å². The van der Waals surface area contributed by atoms with Crippen molar-refractivity contribution in [2.75, 3.05) is 24.6 Å². The van der Waals surface area contributed by atoms with Crippen molar-refractivity contribution in [2.24, 2.45) is 17.1 Å². The zero-order valence-corrected chi connectivity index (χ0v) is 19.5. The highest BCUT2D eigenvalue weighted by Crippen LogP contribution is 2.49. The minimum absolute atomic E-state index is 0.227. The Morgan fingerprint density at radius 1 is 1.29 bits per heavy atom. The summed E-state index contributed by atoms with van der Waals surface area (Å²) in [5, 5.41) is 0. The van der Waals surface area contributed by atoms with E-state index >= 15 is 0 Å². The Labute approximate surface area is 185 Å². The van der Waals surface area contributed by atoms with Crippen molar-refractivity contribution in [3.8, 4) is 0 Å². The van der Waals surface area contributed by atoms with Crippen LogP contribution in [0, 0.1) is 11.3 Å². The number of nitrogens with zero attached hydrogens (tertiary/aromatic N) is 3. The van der Waals surface area contributed by atoms with Crippen LogP contribution in [-0.4, -0.2) is 59.8 Å². The maximum atomic E-state index is 13.3. The summed E-state index contributed by atoms with van der Waals surface area (Å²) in [6.07, 6.45) is 1.96. The molecule has 0 bridgehead atoms. The van der Waals surface area contributed by atoms with E-state index < -0.39 is 30.2 Å². The van der Waals surface area contributed by atoms with Crippen molar-refractivity contribution in [3.05, 3.63) is 23.9 Å². The molecule has 2 N–H and O–H groups in total. The van der Waals surface area contributed by atoms with E-state index in [2.05, 4.69) is 9.88 Å². The number of aromatic nitrogens is 1. The molecule has 2 fully saturated rings. The van der Waals surface area contributed by atoms with Crippen LogP contribution >= 0.6 is 0 Å². The average molecular weight is 433 g/mol. The molecule has 0 aromatic carbocycles. The van der Waals surface area contributed by atoms with Crippen LogP contribution in [-0.2, 0) is 14.3 Å². The first-order valence-corrected chi connectivity index (χ1v) is 11.2. The van der Waals surface area contributed by atoms with Gasteiger partial charge in [-0.05, 0) is 38.7 Å². The summed E-state index contributed by atoms with van der Waals surface area (Å²) in [7, 11) is 0. The molecule has 8 heteroatoms. The number of carbonyl (C=O) groups excluding carboxylic acids is 2. The molecule has 2 aliphatic heterocycles. The number of esters is 1. The van der Waals surface area contributed by atoms with E-state index in [4.69, 9.17) is 15.2 Å². The number of rotatable bonds is 5. The van der Waals surface area contributed by atoms with E-state index in [9.17, 15) is 9.59 Å². The molecule has 0 saturated carbocycles. The molecule has 4 atom stereocenters. The van der Waals surface area contributed by atoms with Crippen LogP contribution in [0.5, 0.6) is 0 Å². The fourth-order valence-corrected chi connectivity index (χ4v) is 4.76. The fraction of sp³-hybridized carbons (Fsp3) is 0.696. The second-order valence-corrected chi connectivity index (χ2v) is 9.71. The Morgan fingerprint density at radius 3 is 2.48 bits per heavy atom. The third-order valence-electron chi connectivity index (χ3n) is 6.09. The van der Waals surface area contributed by atoms with E-state index in [1.165, 1.54) is 4.90 Å². The van der Waals surface area contributed by atoms with E-state index in [0.29, 0.717) is 0 Å². The van der Waals surface area contributed by atoms with E-state index in [1.807, 2.05) is 32.9 Å². The van der Waals surface area contributed by atoms with Gasteiger partial charge in [-0.15, -0.1) is 0 Å². The largest absolute Gasteiger partial charge is 0.464 e. The predicted molar refractivity (Wildman–Crippen MR) is 119 cm³/mol. The van der Waals surface area contributed by atoms with Crippen LogP contribution in [0.25, 0.3) is 0 Å². The van der Waals surface area contributed by atoms with Gasteiger partial charge < -0.3 is 20.1 Å². The number of pyridine rings is 1. The molecule has 1 aromatic rings. The van der Waals surface area contributed by atoms with Gasteiger partial charge in [-0.25, -0.2) is 14.6 Å². The highest BCUT2D eigenvalue weighted by molar-refractivity contribution is 5.84. The normalized spacial score (nSPS) is 26.1. The van der Waals surface area contributed by atoms with Crippen molar-refractivity contribution in [3.63, 3.8) is 0 Å². The topological polar surface area (TPSA) is 98.0 Å². The maximum absolute atomic E-state index is 13.3. The third kappa shape index (κ3) is 4.49. The Kier molecular flexibility index (Phi) is 6.79. The SMILES string of the molecule is CCOC(=O)[C@@H]1[C@@H](C(C)(C)C)[C@H](N)[C@H](c2cccnc2N2CCC2)N1C(=O)OC(C)C. The molecule has 2 aliphatic rings. The van der Waals surface area contributed by atoms with Crippen molar-refractivity contribution < 1.29 is 19.1 Å². The van der Waals surface area contributed by atoms with Crippen LogP contribution in [0.4, 0.5) is 10.6 Å². The monoisotopic (exact) mass is 432 g/mol. The molecule has 3 heterocycles. The van der Waals surface area contributed by atoms with Crippen molar-refractivity contribution in [1.82, 2.24) is 9.88 Å². The number of likely N-dealkylation sites (tertiary alicyclic amines) is 1. The summed E-state index contributed by atoms with van der Waals surface area (Å²) in [6.45, 7) is 13.5. The Hall–Kier alpha value is -2.35. The van der Waals surface area contributed by atoms with Crippen LogP contribution in [0.3, 0.4) is 0 Å². The Morgan fingerprint density at radius 2 is 1.97 bits per heavy atom. The van der Waals surface area contributed by atoms with Crippen molar-refractivity contribution >= 4 is 17.9 Å². The van der Waals surface area contributed by atoms with Gasteiger partial charge in [-0.1, -0.05) is 26.8 Å². The van der Waals surface area contributed by atoms with Crippen LogP contribution < -0.4 is 10.6 Å². The highest BCUT2D eigenvalue weighted by Gasteiger charge is 2.58. The minimum atomic E-state index is -0.837. The van der Waals surface area contributed by atoms with Gasteiger partial charge >= 0.3 is 12.1 Å². The lowest BCUT2D eigenvalue weighted by Crippen LogP contribution is -2.48. The molecule has 0 unspecified atom stereocenters. The summed E-state index contributed by atoms with van der Waals surface area (Å²) in [4.78, 5) is 34.8. The molecule has 1 amide bonds. The van der Waals surface area contributed by atoms with E-state index in [-0.39, 0.29) is 24.0 Å². The van der Waals surface area contributed by atoms with Gasteiger partial charge in [-0.2, -0.15) is 0 Å². The molecule has 0 radical (unpaired) electrons. The number of ether oxygens (including phenoxy) is 2. The lowest BCUT2D eigenvalue weighted by Gasteiger charge is -2.37. The van der Waals surface area contributed by atoms with Crippen molar-refractivity contribution in [2.45, 2.75) is 72.2 Å². The number of hydrogen-bond donors (Lipinski definition) is 1. The van der Waals surface area contributed by atoms with Gasteiger partial charge in [0, 0.05) is 36.8 Å². The minimum Gasteiger partial charge on any atom is -0.464 e. The molecular formula is C23H36N4O4. The van der Waals surface area contributed by atoms with Crippen LogP contribution in [0.2, 0.25) is 0 Å². The second kappa shape index (κ2) is 9.02. The summed E-state index contributed by atoms with van der Waals surface area (Å²) in [5.74, 6) is 0.0462. The van der Waals surface area contributed by atoms with Gasteiger partial charge in [0.2, 0.25) is 0 Å². The predicted octanol–water partition coefficient (Wildman–Crippen LogP) is 3.11. The summed E-state index contributed by atoms with van der Waals surface area (Å²) in [6, 6.07) is 1.93. The third-order valence-corrected chi connectivity index (χ3v) is 6.09. The molecule has 0 spiro atoms. The summed E-state index contributed by atoms with van der Waals surface area (Å²) >= 11 is 0. The fourth-order valence-electron chi connectivity index (χ4n) is 4.76. The molecule has 172 valence electrons. The number of carbonyl (C=O) groups is 2. The van der Waals surface area contributed by atoms with Gasteiger partial charge in [0.25, 0.3) is 0 Å². The Bertz CT molecular complexity index is 803. The summed E-state index contributed by atoms with van der Waals surface area (Å²) in [5.41, 5.74) is 7.35. The van der Waals surface area contributed by atoms with E-state index in [0.717, 1.165) is 30.9 Å². The van der Waals surface area contributed by atoms with Gasteiger partial charge in [-0.3, -0.25) is 4.90 Å².